The summed E-state index contributed by atoms with van der Waals surface area (Å²) in [6, 6.07) is 9.00. The summed E-state index contributed by atoms with van der Waals surface area (Å²) in [6.07, 6.45) is 10.5. The topological polar surface area (TPSA) is 87.2 Å². The quantitative estimate of drug-likeness (QED) is 0.200. The third-order valence-electron chi connectivity index (χ3n) is 16.0. The van der Waals surface area contributed by atoms with Crippen LogP contribution >= 0.6 is 0 Å². The summed E-state index contributed by atoms with van der Waals surface area (Å²) in [4.78, 5) is 43.8. The van der Waals surface area contributed by atoms with Crippen molar-refractivity contribution in [2.75, 3.05) is 33.7 Å². The first-order valence-electron chi connectivity index (χ1n) is 21.4. The second kappa shape index (κ2) is 16.4. The fraction of sp³-hybridized carbons (Fsp3) is 0.771. The van der Waals surface area contributed by atoms with Crippen molar-refractivity contribution in [3.63, 3.8) is 0 Å². The second-order valence-corrected chi connectivity index (χ2v) is 20.5. The van der Waals surface area contributed by atoms with E-state index in [1.54, 1.807) is 19.4 Å². The molecule has 7 heteroatoms. The van der Waals surface area contributed by atoms with Crippen LogP contribution in [0.15, 0.2) is 35.4 Å². The van der Waals surface area contributed by atoms with Gasteiger partial charge < -0.3 is 14.7 Å². The number of carbonyl (C=O) groups excluding carboxylic acids is 2. The van der Waals surface area contributed by atoms with Crippen molar-refractivity contribution in [3.05, 3.63) is 46.5 Å². The Balaban J connectivity index is 0.00000580. The minimum atomic E-state index is -1.13. The average molecular weight is 761 g/mol. The number of nitrogens with zero attached hydrogens (tertiary/aromatic N) is 2. The maximum Gasteiger partial charge on any atom is 0.309 e. The first-order chi connectivity index (χ1) is 25.3. The van der Waals surface area contributed by atoms with Crippen LogP contribution in [0.5, 0.6) is 0 Å². The number of fused-ring (bicyclic) bond motifs is 7. The zero-order valence-electron chi connectivity index (χ0n) is 35.4. The molecule has 1 N–H and O–H groups in total. The lowest BCUT2D eigenvalue weighted by Gasteiger charge is -2.67. The number of carbonyl (C=O) groups is 3. The number of hydrogen-bond donors (Lipinski definition) is 1. The number of likely N-dealkylation sites (N-methyl/N-ethyl adjacent to an activating group) is 1. The van der Waals surface area contributed by atoms with Crippen molar-refractivity contribution in [3.8, 4) is 0 Å². The highest BCUT2D eigenvalue weighted by Crippen LogP contribution is 2.72. The Morgan fingerprint density at radius 3 is 2.20 bits per heavy atom. The predicted octanol–water partition coefficient (Wildman–Crippen LogP) is 10.00. The van der Waals surface area contributed by atoms with Gasteiger partial charge in [-0.1, -0.05) is 77.4 Å². The Labute approximate surface area is 334 Å². The number of rotatable bonds is 13. The van der Waals surface area contributed by atoms with Gasteiger partial charge in [-0.25, -0.2) is 0 Å². The number of ketones is 1. The number of esters is 1. The Morgan fingerprint density at radius 2 is 1.56 bits per heavy atom. The van der Waals surface area contributed by atoms with E-state index >= 15 is 0 Å². The molecule has 9 atom stereocenters. The molecule has 5 aliphatic rings. The van der Waals surface area contributed by atoms with Crippen LogP contribution in [0.4, 0.5) is 0 Å². The molecule has 0 amide bonds. The summed E-state index contributed by atoms with van der Waals surface area (Å²) in [6.45, 7) is 21.3. The first kappa shape index (κ1) is 43.6. The molecule has 0 radical (unpaired) electrons. The van der Waals surface area contributed by atoms with E-state index in [-0.39, 0.29) is 54.0 Å². The van der Waals surface area contributed by atoms with Crippen molar-refractivity contribution < 1.29 is 24.2 Å². The molecule has 1 aromatic carbocycles. The molecule has 0 saturated heterocycles. The number of carboxylic acids is 1. The fourth-order valence-corrected chi connectivity index (χ4v) is 13.1. The highest BCUT2D eigenvalue weighted by molar-refractivity contribution is 6.00. The number of allylic oxidation sites excluding steroid dienone is 2. The highest BCUT2D eigenvalue weighted by atomic mass is 16.5. The molecule has 0 heterocycles. The van der Waals surface area contributed by atoms with Crippen molar-refractivity contribution in [2.45, 2.75) is 146 Å². The summed E-state index contributed by atoms with van der Waals surface area (Å²) < 4.78 is 6.09. The van der Waals surface area contributed by atoms with Crippen LogP contribution in [-0.4, -0.2) is 72.5 Å². The maximum absolute atomic E-state index is 14.2. The summed E-state index contributed by atoms with van der Waals surface area (Å²) in [5.41, 5.74) is 4.68. The van der Waals surface area contributed by atoms with Gasteiger partial charge in [-0.05, 0) is 157 Å². The Kier molecular flexibility index (Phi) is 13.0. The average Bonchev–Trinajstić information content (AvgIpc) is 3.40. The number of benzene rings is 1. The number of carboxylic acid groups (broad SMARTS) is 1. The second-order valence-electron chi connectivity index (χ2n) is 20.5. The molecule has 308 valence electrons. The monoisotopic (exact) mass is 761 g/mol. The zero-order chi connectivity index (χ0) is 39.4. The summed E-state index contributed by atoms with van der Waals surface area (Å²) in [5, 5.41) is 9.58. The molecule has 55 heavy (non-hydrogen) atoms. The third kappa shape index (κ3) is 8.27. The van der Waals surface area contributed by atoms with Gasteiger partial charge in [0.1, 0.15) is 6.10 Å². The van der Waals surface area contributed by atoms with Gasteiger partial charge in [-0.15, -0.1) is 0 Å². The standard InChI is InChI=1S/C47H72N2O5.CH4/c1-30(2)41-37(50)27-47(23-24-49(26-25-48(9)10)29-33-13-11-31(3)12-14-33)22-18-36-34(42(41)47)15-16-39-45(7)21-19-38(32(4)35(45)17-20-46(36,39)8)54-40(51)28-44(5,6)43(52)53;/h11-14,30,32,34-36,38-39H,15-29H2,1-10H3,(H,52,53);1H4. The van der Waals surface area contributed by atoms with Crippen molar-refractivity contribution in [1.29, 1.82) is 0 Å². The molecule has 7 nitrogen and oxygen atoms in total. The molecule has 5 aliphatic carbocycles. The van der Waals surface area contributed by atoms with Crippen molar-refractivity contribution in [2.24, 2.45) is 57.2 Å². The van der Waals surface area contributed by atoms with Gasteiger partial charge in [0.15, 0.2) is 5.78 Å². The number of Topliss-reactive ketones (excluding diaryl/α,β-unsaturated/α-hetero) is 1. The van der Waals surface area contributed by atoms with Crippen LogP contribution < -0.4 is 0 Å². The molecule has 0 aliphatic heterocycles. The van der Waals surface area contributed by atoms with Gasteiger partial charge in [0.05, 0.1) is 11.8 Å². The van der Waals surface area contributed by atoms with Gasteiger partial charge in [-0.3, -0.25) is 19.3 Å². The number of aryl methyl sites for hydroxylation is 1. The number of hydrogen-bond acceptors (Lipinski definition) is 6. The molecular formula is C48H76N2O5. The van der Waals surface area contributed by atoms with Gasteiger partial charge in [0, 0.05) is 31.5 Å². The lowest BCUT2D eigenvalue weighted by molar-refractivity contribution is -0.192. The van der Waals surface area contributed by atoms with E-state index < -0.39 is 11.4 Å². The zero-order valence-corrected chi connectivity index (χ0v) is 35.4. The largest absolute Gasteiger partial charge is 0.481 e. The predicted molar refractivity (Wildman–Crippen MR) is 222 cm³/mol. The number of ether oxygens (including phenoxy) is 1. The lowest BCUT2D eigenvalue weighted by atomic mass is 9.38. The third-order valence-corrected chi connectivity index (χ3v) is 16.0. The van der Waals surface area contributed by atoms with Crippen LogP contribution in [0.25, 0.3) is 0 Å². The molecule has 4 fully saturated rings. The fourth-order valence-electron chi connectivity index (χ4n) is 13.1. The van der Waals surface area contributed by atoms with Crippen LogP contribution in [0, 0.1) is 64.1 Å². The van der Waals surface area contributed by atoms with E-state index in [0.717, 1.165) is 58.3 Å². The first-order valence-corrected chi connectivity index (χ1v) is 21.4. The van der Waals surface area contributed by atoms with Gasteiger partial charge in [0.2, 0.25) is 0 Å². The minimum Gasteiger partial charge on any atom is -0.481 e. The molecular weight excluding hydrogens is 685 g/mol. The Hall–Kier alpha value is -2.51. The van der Waals surface area contributed by atoms with E-state index in [1.807, 2.05) is 0 Å². The van der Waals surface area contributed by atoms with Gasteiger partial charge in [-0.2, -0.15) is 0 Å². The van der Waals surface area contributed by atoms with Crippen molar-refractivity contribution in [1.82, 2.24) is 9.80 Å². The van der Waals surface area contributed by atoms with Gasteiger partial charge in [0.25, 0.3) is 0 Å². The normalized spacial score (nSPS) is 34.5. The molecule has 4 saturated carbocycles. The minimum absolute atomic E-state index is 0. The number of aliphatic carboxylic acids is 1. The summed E-state index contributed by atoms with van der Waals surface area (Å²) in [5.74, 6) is 1.75. The van der Waals surface area contributed by atoms with Crippen LogP contribution in [0.1, 0.15) is 138 Å². The van der Waals surface area contributed by atoms with Crippen LogP contribution in [-0.2, 0) is 25.7 Å². The van der Waals surface area contributed by atoms with E-state index in [9.17, 15) is 19.5 Å². The van der Waals surface area contributed by atoms with Crippen LogP contribution in [0.2, 0.25) is 0 Å². The van der Waals surface area contributed by atoms with E-state index in [2.05, 4.69) is 89.7 Å². The van der Waals surface area contributed by atoms with E-state index in [0.29, 0.717) is 35.9 Å². The van der Waals surface area contributed by atoms with E-state index in [1.165, 1.54) is 42.4 Å². The van der Waals surface area contributed by atoms with Gasteiger partial charge >= 0.3 is 11.9 Å². The smallest absolute Gasteiger partial charge is 0.309 e. The van der Waals surface area contributed by atoms with Crippen molar-refractivity contribution >= 4 is 17.7 Å². The molecule has 0 spiro atoms. The molecule has 9 unspecified atom stereocenters. The highest BCUT2D eigenvalue weighted by Gasteiger charge is 2.65. The Bertz CT molecular complexity index is 1600. The van der Waals surface area contributed by atoms with E-state index in [4.69, 9.17) is 4.74 Å². The molecule has 1 aromatic rings. The SMILES string of the molecule is C.Cc1ccc(CN(CCN(C)C)CCC23CCC4C(CCC5C4(C)CCC4C(C)C(OC(=O)CC(C)(C)C(=O)O)CCC45C)C2=C(C(C)C)C(=O)C3)cc1. The summed E-state index contributed by atoms with van der Waals surface area (Å²) >= 11 is 0. The molecule has 6 rings (SSSR count). The lowest BCUT2D eigenvalue weighted by Crippen LogP contribution is -2.60. The Morgan fingerprint density at radius 1 is 0.927 bits per heavy atom. The molecule has 0 bridgehead atoms. The maximum atomic E-state index is 14.2. The molecule has 0 aromatic heterocycles. The van der Waals surface area contributed by atoms with Crippen LogP contribution in [0.3, 0.4) is 0 Å². The summed E-state index contributed by atoms with van der Waals surface area (Å²) in [7, 11) is 4.32.